The second-order valence-corrected chi connectivity index (χ2v) is 15.4. The number of nitrogens with zero attached hydrogens (tertiary/aromatic N) is 2. The Morgan fingerprint density at radius 2 is 1.79 bits per heavy atom. The molecule has 14 heteroatoms. The summed E-state index contributed by atoms with van der Waals surface area (Å²) in [7, 11) is -2.24. The molecule has 4 rings (SSSR count). The minimum Gasteiger partial charge on any atom is -0.488 e. The van der Waals surface area contributed by atoms with Gasteiger partial charge in [-0.25, -0.2) is 8.42 Å². The summed E-state index contributed by atoms with van der Waals surface area (Å²) < 4.78 is 34.3. The number of rotatable bonds is 14. The first-order valence-corrected chi connectivity index (χ1v) is 18.3. The van der Waals surface area contributed by atoms with Crippen molar-refractivity contribution in [2.24, 2.45) is 5.92 Å². The number of carbonyl (C=O) groups excluding carboxylic acids is 3. The highest BCUT2D eigenvalue weighted by atomic mass is 32.2. The molecule has 0 spiro atoms. The number of para-hydroxylation sites is 2. The Balaban J connectivity index is 1.39. The molecule has 0 saturated heterocycles. The molecule has 0 unspecified atom stereocenters. The lowest BCUT2D eigenvalue weighted by atomic mass is 10.0. The molecule has 12 nitrogen and oxygen atoms in total. The number of unbranched alkanes of at least 4 members (excludes halogenated alkanes) is 2. The zero-order valence-corrected chi connectivity index (χ0v) is 29.2. The Kier molecular flexibility index (Phi) is 13.0. The number of hydrogen-bond acceptors (Lipinski definition) is 9. The van der Waals surface area contributed by atoms with E-state index in [0.717, 1.165) is 11.3 Å². The Bertz CT molecular complexity index is 1670. The van der Waals surface area contributed by atoms with Crippen molar-refractivity contribution in [3.05, 3.63) is 65.5 Å². The van der Waals surface area contributed by atoms with Crippen LogP contribution < -0.4 is 21.1 Å². The second kappa shape index (κ2) is 16.9. The number of ether oxygens (including phenoxy) is 1. The number of nitrogens with one attached hydrogen (secondary N) is 2. The first-order chi connectivity index (χ1) is 22.9. The van der Waals surface area contributed by atoms with Gasteiger partial charge >= 0.3 is 0 Å². The third-order valence-corrected chi connectivity index (χ3v) is 11.5. The minimum atomic E-state index is -3.74. The van der Waals surface area contributed by atoms with Gasteiger partial charge in [0.2, 0.25) is 17.7 Å². The van der Waals surface area contributed by atoms with E-state index in [-0.39, 0.29) is 60.4 Å². The predicted molar refractivity (Wildman–Crippen MR) is 187 cm³/mol. The number of benzene rings is 2. The van der Waals surface area contributed by atoms with Gasteiger partial charge in [0, 0.05) is 43.6 Å². The number of nitrogen functional groups attached to an aromatic ring is 1. The quantitative estimate of drug-likeness (QED) is 0.142. The van der Waals surface area contributed by atoms with Crippen molar-refractivity contribution >= 4 is 56.1 Å². The van der Waals surface area contributed by atoms with Gasteiger partial charge in [0.25, 0.3) is 10.0 Å². The van der Waals surface area contributed by atoms with Crippen molar-refractivity contribution in [2.45, 2.75) is 68.7 Å². The molecule has 3 aromatic rings. The average molecular weight is 700 g/mol. The van der Waals surface area contributed by atoms with Crippen molar-refractivity contribution in [3.8, 4) is 5.75 Å². The van der Waals surface area contributed by atoms with E-state index in [1.807, 2.05) is 6.92 Å². The van der Waals surface area contributed by atoms with E-state index in [4.69, 9.17) is 10.5 Å². The van der Waals surface area contributed by atoms with Crippen LogP contribution >= 0.6 is 11.3 Å². The van der Waals surface area contributed by atoms with Gasteiger partial charge in [-0.05, 0) is 61.5 Å². The summed E-state index contributed by atoms with van der Waals surface area (Å²) in [6.07, 6.45) is 1.83. The van der Waals surface area contributed by atoms with Crippen LogP contribution in [0.2, 0.25) is 0 Å². The van der Waals surface area contributed by atoms with E-state index >= 15 is 0 Å². The van der Waals surface area contributed by atoms with Gasteiger partial charge in [0.15, 0.2) is 0 Å². The molecule has 48 heavy (non-hydrogen) atoms. The number of thiophene rings is 1. The van der Waals surface area contributed by atoms with Crippen molar-refractivity contribution < 1.29 is 32.6 Å². The molecule has 2 heterocycles. The molecule has 2 aromatic carbocycles. The van der Waals surface area contributed by atoms with Gasteiger partial charge in [0.05, 0.1) is 37.0 Å². The predicted octanol–water partition coefficient (Wildman–Crippen LogP) is 4.33. The Hall–Kier alpha value is -3.98. The highest BCUT2D eigenvalue weighted by Crippen LogP contribution is 2.30. The van der Waals surface area contributed by atoms with E-state index in [1.165, 1.54) is 11.4 Å². The Labute approximate surface area is 286 Å². The summed E-state index contributed by atoms with van der Waals surface area (Å²) in [6, 6.07) is 14.9. The molecule has 0 fully saturated rings. The number of nitrogens with two attached hydrogens (primary N) is 1. The summed E-state index contributed by atoms with van der Waals surface area (Å²) in [5.41, 5.74) is 8.00. The summed E-state index contributed by atoms with van der Waals surface area (Å²) in [5.74, 6) is -0.402. The Morgan fingerprint density at radius 1 is 1.08 bits per heavy atom. The van der Waals surface area contributed by atoms with Gasteiger partial charge in [-0.2, -0.15) is 4.31 Å². The maximum Gasteiger partial charge on any atom is 0.252 e. The van der Waals surface area contributed by atoms with Crippen molar-refractivity contribution in [2.75, 3.05) is 43.1 Å². The fourth-order valence-corrected chi connectivity index (χ4v) is 7.82. The second-order valence-electron chi connectivity index (χ2n) is 12.2. The lowest BCUT2D eigenvalue weighted by Gasteiger charge is -2.33. The van der Waals surface area contributed by atoms with E-state index in [2.05, 4.69) is 10.6 Å². The third kappa shape index (κ3) is 9.78. The number of amides is 3. The molecular formula is C34H45N5O7S2. The molecule has 5 N–H and O–H groups in total. The zero-order valence-electron chi connectivity index (χ0n) is 27.6. The van der Waals surface area contributed by atoms with Crippen LogP contribution in [-0.4, -0.2) is 79.3 Å². The summed E-state index contributed by atoms with van der Waals surface area (Å²) in [5, 5.41) is 17.3. The van der Waals surface area contributed by atoms with Crippen molar-refractivity contribution in [1.82, 2.24) is 9.21 Å². The van der Waals surface area contributed by atoms with Gasteiger partial charge in [-0.15, -0.1) is 11.3 Å². The molecule has 3 amide bonds. The van der Waals surface area contributed by atoms with Gasteiger partial charge < -0.3 is 31.1 Å². The van der Waals surface area contributed by atoms with E-state index in [0.29, 0.717) is 54.1 Å². The number of carbonyl (C=O) groups is 3. The molecule has 1 aliphatic rings. The smallest absolute Gasteiger partial charge is 0.252 e. The summed E-state index contributed by atoms with van der Waals surface area (Å²) in [4.78, 5) is 40.1. The number of fused-ring (bicyclic) bond motifs is 1. The highest BCUT2D eigenvalue weighted by molar-refractivity contribution is 7.91. The molecule has 260 valence electrons. The number of anilines is 3. The van der Waals surface area contributed by atoms with Crippen LogP contribution in [0.1, 0.15) is 51.5 Å². The molecule has 0 bridgehead atoms. The summed E-state index contributed by atoms with van der Waals surface area (Å²) in [6.45, 7) is 3.72. The largest absolute Gasteiger partial charge is 0.488 e. The van der Waals surface area contributed by atoms with Crippen LogP contribution in [0.3, 0.4) is 0 Å². The maximum atomic E-state index is 13.5. The van der Waals surface area contributed by atoms with Gasteiger partial charge in [0.1, 0.15) is 16.1 Å². The van der Waals surface area contributed by atoms with Crippen LogP contribution in [0.15, 0.2) is 64.2 Å². The third-order valence-electron chi connectivity index (χ3n) is 8.34. The fourth-order valence-electron chi connectivity index (χ4n) is 5.44. The molecule has 1 aliphatic heterocycles. The molecule has 0 saturated carbocycles. The number of aliphatic hydroxyl groups excluding tert-OH is 1. The summed E-state index contributed by atoms with van der Waals surface area (Å²) >= 11 is 1.14. The minimum absolute atomic E-state index is 0.0249. The fraction of sp³-hybridized carbons (Fsp3) is 0.441. The number of hydrogen-bond donors (Lipinski definition) is 4. The monoisotopic (exact) mass is 699 g/mol. The van der Waals surface area contributed by atoms with Crippen molar-refractivity contribution in [1.29, 1.82) is 0 Å². The first-order valence-electron chi connectivity index (χ1n) is 16.0. The number of sulfonamides is 1. The lowest BCUT2D eigenvalue weighted by Crippen LogP contribution is -2.48. The molecule has 0 aliphatic carbocycles. The molecule has 1 aromatic heterocycles. The standard InChI is InChI=1S/C34H45N5O7S2/c1-23-20-39(24(2)22-40)33(43)19-25-18-26(15-16-29(25)46-30(23)21-38(3)48(44,45)34-14-9-17-47-34)36-31(41)12-5-4-6-13-32(42)37-28-11-8-7-10-27(28)35/h7-11,14-18,23-24,30,40H,4-6,12-13,19-22,35H2,1-3H3,(H,36,41)(H,37,42)/t23-,24+,30+/m1/s1. The van der Waals surface area contributed by atoms with Crippen LogP contribution in [0, 0.1) is 5.92 Å². The molecule has 3 atom stereocenters. The van der Waals surface area contributed by atoms with Gasteiger partial charge in [-0.1, -0.05) is 31.5 Å². The van der Waals surface area contributed by atoms with Crippen LogP contribution in [-0.2, 0) is 30.8 Å². The first kappa shape index (κ1) is 36.8. The van der Waals surface area contributed by atoms with Crippen molar-refractivity contribution in [3.63, 3.8) is 0 Å². The van der Waals surface area contributed by atoms with Gasteiger partial charge in [-0.3, -0.25) is 14.4 Å². The lowest BCUT2D eigenvalue weighted by molar-refractivity contribution is -0.134. The Morgan fingerprint density at radius 3 is 2.46 bits per heavy atom. The van der Waals surface area contributed by atoms with Crippen LogP contribution in [0.25, 0.3) is 0 Å². The molecular weight excluding hydrogens is 655 g/mol. The molecule has 0 radical (unpaired) electrons. The average Bonchev–Trinajstić information content (AvgIpc) is 3.61. The maximum absolute atomic E-state index is 13.5. The van der Waals surface area contributed by atoms with E-state index < -0.39 is 22.2 Å². The number of aliphatic hydroxyl groups is 1. The van der Waals surface area contributed by atoms with E-state index in [9.17, 15) is 27.9 Å². The topological polar surface area (TPSA) is 171 Å². The van der Waals surface area contributed by atoms with Crippen LogP contribution in [0.4, 0.5) is 17.1 Å². The highest BCUT2D eigenvalue weighted by Gasteiger charge is 2.33. The van der Waals surface area contributed by atoms with E-state index in [1.54, 1.807) is 71.8 Å². The van der Waals surface area contributed by atoms with Crippen LogP contribution in [0.5, 0.6) is 5.75 Å². The normalized spacial score (nSPS) is 17.4. The zero-order chi connectivity index (χ0) is 34.8. The SMILES string of the molecule is C[C@@H]1CN([C@@H](C)CO)C(=O)Cc2cc(NC(=O)CCCCCC(=O)Nc3ccccc3N)ccc2O[C@H]1CN(C)S(=O)(=O)c1cccs1. The number of likely N-dealkylation sites (N-methyl/N-ethyl adjacent to an activating group) is 1.